The zero-order valence-corrected chi connectivity index (χ0v) is 15.6. The first-order valence-corrected chi connectivity index (χ1v) is 8.70. The van der Waals surface area contributed by atoms with Gasteiger partial charge in [-0.15, -0.1) is 11.3 Å². The predicted octanol–water partition coefficient (Wildman–Crippen LogP) is 5.21. The molecular weight excluding hydrogens is 334 g/mol. The van der Waals surface area contributed by atoms with Gasteiger partial charge in [0.1, 0.15) is 10.8 Å². The summed E-state index contributed by atoms with van der Waals surface area (Å²) in [4.78, 5) is 15.5. The second kappa shape index (κ2) is 8.99. The van der Waals surface area contributed by atoms with E-state index in [-0.39, 0.29) is 0 Å². The number of thiazole rings is 1. The predicted molar refractivity (Wildman–Crippen MR) is 102 cm³/mol. The number of carbonyl (C=O) groups is 1. The summed E-state index contributed by atoms with van der Waals surface area (Å²) in [5.41, 5.74) is 3.72. The molecule has 4 nitrogen and oxygen atoms in total. The fourth-order valence-electron chi connectivity index (χ4n) is 2.25. The maximum absolute atomic E-state index is 10.8. The monoisotopic (exact) mass is 355 g/mol. The molecule has 0 amide bonds. The van der Waals surface area contributed by atoms with Gasteiger partial charge in [0.2, 0.25) is 0 Å². The molecule has 2 rings (SSSR count). The summed E-state index contributed by atoms with van der Waals surface area (Å²) >= 11 is 1.60. The molecule has 130 valence electrons. The standard InChI is InChI=1S/C20H21NO3S/c1-5-16(19(24-13-22)15(3)23-4)11-14(2)18-12-25-20(21-18)17-9-7-6-8-10-17/h5-13H,1-4H3/b14-11+,16-5-,19-15-. The smallest absolute Gasteiger partial charge is 0.298 e. The van der Waals surface area contributed by atoms with E-state index in [1.807, 2.05) is 61.7 Å². The van der Waals surface area contributed by atoms with Crippen LogP contribution < -0.4 is 0 Å². The zero-order chi connectivity index (χ0) is 18.2. The van der Waals surface area contributed by atoms with E-state index in [1.54, 1.807) is 25.4 Å². The number of rotatable bonds is 7. The normalized spacial score (nSPS) is 13.3. The lowest BCUT2D eigenvalue weighted by Gasteiger charge is -2.10. The lowest BCUT2D eigenvalue weighted by molar-refractivity contribution is -0.125. The first-order chi connectivity index (χ1) is 12.1. The van der Waals surface area contributed by atoms with Crippen LogP contribution in [0.5, 0.6) is 0 Å². The van der Waals surface area contributed by atoms with Crippen molar-refractivity contribution in [3.05, 3.63) is 70.6 Å². The summed E-state index contributed by atoms with van der Waals surface area (Å²) in [6.07, 6.45) is 3.81. The summed E-state index contributed by atoms with van der Waals surface area (Å²) in [5.74, 6) is 0.936. The average Bonchev–Trinajstić information content (AvgIpc) is 3.15. The van der Waals surface area contributed by atoms with E-state index in [1.165, 1.54) is 0 Å². The third-order valence-corrected chi connectivity index (χ3v) is 4.56. The number of aromatic nitrogens is 1. The molecule has 25 heavy (non-hydrogen) atoms. The molecule has 0 fully saturated rings. The van der Waals surface area contributed by atoms with Crippen molar-refractivity contribution in [1.29, 1.82) is 0 Å². The Hall–Kier alpha value is -2.66. The Morgan fingerprint density at radius 3 is 2.52 bits per heavy atom. The highest BCUT2D eigenvalue weighted by Crippen LogP contribution is 2.28. The van der Waals surface area contributed by atoms with Crippen LogP contribution in [0.3, 0.4) is 0 Å². The van der Waals surface area contributed by atoms with Crippen molar-refractivity contribution >= 4 is 23.4 Å². The Balaban J connectivity index is 2.34. The van der Waals surface area contributed by atoms with Gasteiger partial charge in [-0.3, -0.25) is 4.79 Å². The number of ether oxygens (including phenoxy) is 2. The number of carbonyl (C=O) groups excluding carboxylic acids is 1. The number of allylic oxidation sites excluding steroid dienone is 4. The molecule has 0 aliphatic carbocycles. The van der Waals surface area contributed by atoms with Crippen LogP contribution in [0.2, 0.25) is 0 Å². The molecule has 0 saturated carbocycles. The summed E-state index contributed by atoms with van der Waals surface area (Å²) in [6.45, 7) is 6.02. The zero-order valence-electron chi connectivity index (χ0n) is 14.8. The van der Waals surface area contributed by atoms with Crippen molar-refractivity contribution in [3.8, 4) is 10.6 Å². The van der Waals surface area contributed by atoms with Crippen molar-refractivity contribution in [2.75, 3.05) is 7.11 Å². The summed E-state index contributed by atoms with van der Waals surface area (Å²) in [7, 11) is 1.54. The Morgan fingerprint density at radius 2 is 1.92 bits per heavy atom. The number of hydrogen-bond donors (Lipinski definition) is 0. The highest BCUT2D eigenvalue weighted by atomic mass is 32.1. The minimum Gasteiger partial charge on any atom is -0.497 e. The second-order valence-corrected chi connectivity index (χ2v) is 6.14. The van der Waals surface area contributed by atoms with Crippen LogP contribution >= 0.6 is 11.3 Å². The van der Waals surface area contributed by atoms with Crippen molar-refractivity contribution in [1.82, 2.24) is 4.98 Å². The SMILES string of the molecule is C/C=C(/C=C(\C)c1csc(-c2ccccc2)n1)C(\OC=O)=C(/C)OC. The van der Waals surface area contributed by atoms with Gasteiger partial charge in [0.25, 0.3) is 6.47 Å². The van der Waals surface area contributed by atoms with Gasteiger partial charge in [-0.1, -0.05) is 36.4 Å². The molecule has 0 aliphatic heterocycles. The molecule has 0 aliphatic rings. The van der Waals surface area contributed by atoms with E-state index < -0.39 is 0 Å². The van der Waals surface area contributed by atoms with Crippen LogP contribution in [-0.2, 0) is 14.3 Å². The van der Waals surface area contributed by atoms with E-state index in [2.05, 4.69) is 0 Å². The Bertz CT molecular complexity index is 816. The van der Waals surface area contributed by atoms with E-state index in [4.69, 9.17) is 14.5 Å². The molecule has 0 saturated heterocycles. The highest BCUT2D eigenvalue weighted by molar-refractivity contribution is 7.13. The van der Waals surface area contributed by atoms with Crippen LogP contribution in [-0.4, -0.2) is 18.6 Å². The van der Waals surface area contributed by atoms with E-state index >= 15 is 0 Å². The highest BCUT2D eigenvalue weighted by Gasteiger charge is 2.12. The van der Waals surface area contributed by atoms with Crippen molar-refractivity contribution < 1.29 is 14.3 Å². The van der Waals surface area contributed by atoms with Crippen LogP contribution in [0.15, 0.2) is 65.0 Å². The number of methoxy groups -OCH3 is 1. The lowest BCUT2D eigenvalue weighted by Crippen LogP contribution is -1.99. The molecule has 0 unspecified atom stereocenters. The molecule has 0 atom stereocenters. The third kappa shape index (κ3) is 4.67. The first kappa shape index (κ1) is 18.7. The van der Waals surface area contributed by atoms with Gasteiger partial charge < -0.3 is 9.47 Å². The topological polar surface area (TPSA) is 48.4 Å². The first-order valence-electron chi connectivity index (χ1n) is 7.82. The third-order valence-electron chi connectivity index (χ3n) is 3.67. The number of benzene rings is 1. The fourth-order valence-corrected chi connectivity index (χ4v) is 3.14. The van der Waals surface area contributed by atoms with Gasteiger partial charge in [0.05, 0.1) is 12.8 Å². The van der Waals surface area contributed by atoms with Crippen molar-refractivity contribution in [2.45, 2.75) is 20.8 Å². The van der Waals surface area contributed by atoms with Gasteiger partial charge in [0.15, 0.2) is 5.76 Å². The second-order valence-electron chi connectivity index (χ2n) is 5.28. The summed E-state index contributed by atoms with van der Waals surface area (Å²) in [5, 5.41) is 2.99. The minimum atomic E-state index is 0.401. The van der Waals surface area contributed by atoms with Crippen LogP contribution in [0.4, 0.5) is 0 Å². The summed E-state index contributed by atoms with van der Waals surface area (Å²) < 4.78 is 10.3. The molecule has 0 radical (unpaired) electrons. The minimum absolute atomic E-state index is 0.401. The Morgan fingerprint density at radius 1 is 1.20 bits per heavy atom. The molecule has 5 heteroatoms. The Labute approximate surface area is 152 Å². The molecule has 1 aromatic carbocycles. The van der Waals surface area contributed by atoms with E-state index in [0.717, 1.165) is 27.4 Å². The molecule has 1 heterocycles. The number of nitrogens with zero attached hydrogens (tertiary/aromatic N) is 1. The summed E-state index contributed by atoms with van der Waals surface area (Å²) in [6, 6.07) is 10.1. The molecule has 0 spiro atoms. The quantitative estimate of drug-likeness (QED) is 0.388. The van der Waals surface area contributed by atoms with Gasteiger partial charge >= 0.3 is 0 Å². The maximum Gasteiger partial charge on any atom is 0.298 e. The van der Waals surface area contributed by atoms with Crippen LogP contribution in [0, 0.1) is 0 Å². The molecule has 0 N–H and O–H groups in total. The molecule has 1 aromatic heterocycles. The lowest BCUT2D eigenvalue weighted by atomic mass is 10.1. The van der Waals surface area contributed by atoms with E-state index in [0.29, 0.717) is 18.0 Å². The van der Waals surface area contributed by atoms with Crippen molar-refractivity contribution in [2.24, 2.45) is 0 Å². The molecular formula is C20H21NO3S. The van der Waals surface area contributed by atoms with Gasteiger partial charge in [-0.25, -0.2) is 4.98 Å². The molecule has 2 aromatic rings. The molecule has 0 bridgehead atoms. The largest absolute Gasteiger partial charge is 0.497 e. The van der Waals surface area contributed by atoms with Gasteiger partial charge in [0, 0.05) is 16.5 Å². The van der Waals surface area contributed by atoms with Crippen molar-refractivity contribution in [3.63, 3.8) is 0 Å². The van der Waals surface area contributed by atoms with Crippen LogP contribution in [0.25, 0.3) is 16.1 Å². The number of hydrogen-bond acceptors (Lipinski definition) is 5. The maximum atomic E-state index is 10.8. The van der Waals surface area contributed by atoms with Gasteiger partial charge in [-0.05, 0) is 32.4 Å². The van der Waals surface area contributed by atoms with Gasteiger partial charge in [-0.2, -0.15) is 0 Å². The Kier molecular flexibility index (Phi) is 6.71. The average molecular weight is 355 g/mol. The fraction of sp³-hybridized carbons (Fsp3) is 0.200. The van der Waals surface area contributed by atoms with Crippen LogP contribution in [0.1, 0.15) is 26.5 Å². The van der Waals surface area contributed by atoms with E-state index in [9.17, 15) is 4.79 Å².